The molecular formula is C24H21BClFN5O. The Morgan fingerprint density at radius 2 is 1.94 bits per heavy atom. The van der Waals surface area contributed by atoms with Gasteiger partial charge in [-0.3, -0.25) is 0 Å². The second-order valence-electron chi connectivity index (χ2n) is 7.34. The Labute approximate surface area is 197 Å². The van der Waals surface area contributed by atoms with E-state index in [1.165, 1.54) is 18.5 Å². The van der Waals surface area contributed by atoms with E-state index < -0.39 is 5.82 Å². The second kappa shape index (κ2) is 10.3. The van der Waals surface area contributed by atoms with E-state index in [4.69, 9.17) is 29.6 Å². The molecule has 9 heteroatoms. The fraction of sp³-hybridized carbons (Fsp3) is 0.125. The van der Waals surface area contributed by atoms with Crippen molar-refractivity contribution in [2.45, 2.75) is 12.8 Å². The Balaban J connectivity index is 1.37. The first-order chi connectivity index (χ1) is 16.0. The van der Waals surface area contributed by atoms with Gasteiger partial charge in [0.25, 0.3) is 0 Å². The zero-order valence-corrected chi connectivity index (χ0v) is 18.4. The fourth-order valence-electron chi connectivity index (χ4n) is 3.23. The Hall–Kier alpha value is -3.65. The summed E-state index contributed by atoms with van der Waals surface area (Å²) in [5, 5.41) is 7.08. The molecule has 3 aromatic carbocycles. The zero-order chi connectivity index (χ0) is 23.2. The maximum absolute atomic E-state index is 13.4. The van der Waals surface area contributed by atoms with Gasteiger partial charge in [-0.1, -0.05) is 11.6 Å². The average Bonchev–Trinajstić information content (AvgIpc) is 2.81. The van der Waals surface area contributed by atoms with Crippen molar-refractivity contribution < 1.29 is 9.13 Å². The average molecular weight is 461 g/mol. The molecule has 0 amide bonds. The minimum absolute atomic E-state index is 0.0305. The van der Waals surface area contributed by atoms with Crippen LogP contribution in [0.4, 0.5) is 27.3 Å². The first-order valence-corrected chi connectivity index (χ1v) is 10.7. The number of anilines is 4. The number of nitrogen functional groups attached to an aromatic ring is 1. The van der Waals surface area contributed by atoms with E-state index in [1.54, 1.807) is 6.07 Å². The molecule has 0 saturated carbocycles. The van der Waals surface area contributed by atoms with Gasteiger partial charge in [-0.25, -0.2) is 4.39 Å². The molecule has 4 aromatic rings. The SMILES string of the molecule is [B]=C(CCCOc1ccc2ncnc(Nc3ccc(F)c(Cl)c3)c2c1)Nc1ccccc1N. The number of para-hydroxylation sites is 2. The number of ether oxygens (including phenoxy) is 1. The Kier molecular flexibility index (Phi) is 7.05. The number of halogens is 2. The van der Waals surface area contributed by atoms with Crippen molar-refractivity contribution in [2.24, 2.45) is 0 Å². The molecule has 0 unspecified atom stereocenters. The molecule has 165 valence electrons. The van der Waals surface area contributed by atoms with Crippen LogP contribution >= 0.6 is 11.6 Å². The van der Waals surface area contributed by atoms with E-state index >= 15 is 0 Å². The van der Waals surface area contributed by atoms with Crippen LogP contribution in [0.25, 0.3) is 10.9 Å². The number of benzene rings is 3. The van der Waals surface area contributed by atoms with Gasteiger partial charge >= 0.3 is 164 Å². The van der Waals surface area contributed by atoms with Gasteiger partial charge in [-0.15, -0.1) is 0 Å². The van der Waals surface area contributed by atoms with Crippen molar-refractivity contribution in [3.8, 4) is 5.75 Å². The summed E-state index contributed by atoms with van der Waals surface area (Å²) in [4.78, 5) is 8.60. The minimum atomic E-state index is -0.481. The van der Waals surface area contributed by atoms with Crippen LogP contribution in [-0.2, 0) is 0 Å². The van der Waals surface area contributed by atoms with Crippen LogP contribution in [0.15, 0.2) is 67.0 Å². The number of rotatable bonds is 9. The second-order valence-corrected chi connectivity index (χ2v) is 7.75. The molecule has 0 aliphatic heterocycles. The summed E-state index contributed by atoms with van der Waals surface area (Å²) < 4.78 is 19.4. The fourth-order valence-corrected chi connectivity index (χ4v) is 3.42. The molecule has 0 aliphatic rings. The molecular weight excluding hydrogens is 440 g/mol. The molecule has 33 heavy (non-hydrogen) atoms. The van der Waals surface area contributed by atoms with Crippen LogP contribution in [0.2, 0.25) is 5.02 Å². The number of hydrogen-bond donors (Lipinski definition) is 3. The summed E-state index contributed by atoms with van der Waals surface area (Å²) in [6.45, 7) is 0.474. The normalized spacial score (nSPS) is 10.7. The molecule has 0 bridgehead atoms. The van der Waals surface area contributed by atoms with E-state index in [9.17, 15) is 4.39 Å². The summed E-state index contributed by atoms with van der Waals surface area (Å²) >= 11 is 5.88. The number of nitrogens with zero attached hydrogens (tertiary/aromatic N) is 2. The standard InChI is InChI=1S/C24H21BClFN5O/c25-23(32-22-5-2-1-4-20(22)28)6-3-11-33-16-8-10-21-17(13-16)24(30-14-29-21)31-15-7-9-19(27)18(26)12-15/h1-2,4-5,7-10,12-14,32H,3,6,11,28H2,(H,29,30,31). The van der Waals surface area contributed by atoms with Gasteiger partial charge in [0.2, 0.25) is 0 Å². The van der Waals surface area contributed by atoms with Gasteiger partial charge in [0.05, 0.1) is 5.02 Å². The van der Waals surface area contributed by atoms with E-state index in [2.05, 4.69) is 20.6 Å². The summed E-state index contributed by atoms with van der Waals surface area (Å²) in [5.41, 5.74) is 9.33. The van der Waals surface area contributed by atoms with Crippen molar-refractivity contribution in [2.75, 3.05) is 23.0 Å². The maximum atomic E-state index is 13.4. The number of nitrogens with two attached hydrogens (primary N) is 1. The van der Waals surface area contributed by atoms with E-state index in [-0.39, 0.29) is 5.02 Å². The third-order valence-electron chi connectivity index (χ3n) is 4.90. The van der Waals surface area contributed by atoms with Crippen LogP contribution in [0.5, 0.6) is 5.75 Å². The topological polar surface area (TPSA) is 85.1 Å². The Morgan fingerprint density at radius 3 is 2.76 bits per heavy atom. The van der Waals surface area contributed by atoms with Crippen molar-refractivity contribution in [1.29, 1.82) is 0 Å². The third kappa shape index (κ3) is 5.78. The van der Waals surface area contributed by atoms with Crippen LogP contribution in [0.3, 0.4) is 0 Å². The predicted molar refractivity (Wildman–Crippen MR) is 134 cm³/mol. The molecule has 6 nitrogen and oxygen atoms in total. The van der Waals surface area contributed by atoms with Gasteiger partial charge in [0.1, 0.15) is 5.82 Å². The van der Waals surface area contributed by atoms with Crippen LogP contribution in [0.1, 0.15) is 12.8 Å². The first-order valence-electron chi connectivity index (χ1n) is 10.3. The molecule has 1 radical (unpaired) electrons. The van der Waals surface area contributed by atoms with Crippen LogP contribution in [-0.4, -0.2) is 29.6 Å². The Bertz CT molecular complexity index is 1300. The van der Waals surface area contributed by atoms with E-state index in [0.29, 0.717) is 48.0 Å². The van der Waals surface area contributed by atoms with Crippen molar-refractivity contribution in [1.82, 2.24) is 9.97 Å². The molecule has 0 aliphatic carbocycles. The number of nitrogens with one attached hydrogen (secondary N) is 2. The van der Waals surface area contributed by atoms with Gasteiger partial charge in [-0.2, -0.15) is 0 Å². The molecule has 0 fully saturated rings. The Morgan fingerprint density at radius 1 is 1.09 bits per heavy atom. The molecule has 4 rings (SSSR count). The third-order valence-corrected chi connectivity index (χ3v) is 5.19. The molecule has 1 aromatic heterocycles. The first kappa shape index (κ1) is 22.5. The number of aromatic nitrogens is 2. The zero-order valence-electron chi connectivity index (χ0n) is 17.7. The predicted octanol–water partition coefficient (Wildman–Crippen LogP) is 5.32. The van der Waals surface area contributed by atoms with Crippen molar-refractivity contribution in [3.63, 3.8) is 0 Å². The molecule has 4 N–H and O–H groups in total. The van der Waals surface area contributed by atoms with E-state index in [1.807, 2.05) is 42.5 Å². The molecule has 0 atom stereocenters. The van der Waals surface area contributed by atoms with Crippen LogP contribution < -0.4 is 21.1 Å². The number of hydrogen-bond acceptors (Lipinski definition) is 6. The van der Waals surface area contributed by atoms with Gasteiger partial charge < -0.3 is 0 Å². The van der Waals surface area contributed by atoms with Crippen molar-refractivity contribution >= 4 is 58.5 Å². The summed E-state index contributed by atoms with van der Waals surface area (Å²) in [6.07, 6.45) is 2.80. The summed E-state index contributed by atoms with van der Waals surface area (Å²) in [7, 11) is 6.08. The monoisotopic (exact) mass is 460 g/mol. The van der Waals surface area contributed by atoms with Crippen LogP contribution in [0, 0.1) is 5.82 Å². The van der Waals surface area contributed by atoms with Gasteiger partial charge in [0.15, 0.2) is 0 Å². The quantitative estimate of drug-likeness (QED) is 0.178. The summed E-state index contributed by atoms with van der Waals surface area (Å²) in [6, 6.07) is 17.4. The van der Waals surface area contributed by atoms with Crippen molar-refractivity contribution in [3.05, 3.63) is 77.8 Å². The number of fused-ring (bicyclic) bond motifs is 1. The molecule has 0 saturated heterocycles. The van der Waals surface area contributed by atoms with Gasteiger partial charge in [0, 0.05) is 0 Å². The van der Waals surface area contributed by atoms with E-state index in [0.717, 1.165) is 16.6 Å². The molecule has 0 spiro atoms. The summed E-state index contributed by atoms with van der Waals surface area (Å²) in [5.74, 6) is 0.762. The molecule has 1 heterocycles. The van der Waals surface area contributed by atoms with Gasteiger partial charge in [-0.05, 0) is 6.07 Å².